The van der Waals surface area contributed by atoms with Gasteiger partial charge in [-0.2, -0.15) is 13.2 Å². The molecule has 3 aromatic heterocycles. The SMILES string of the molecule is CCc1ccc(OC)cc1-n1c(C=C(C)C)c(C(=O)N2CCC[C@H](C)C2)cc(-c2nc(-c3ccc(C(F)(F)F)nc3)cs2)c1=O. The van der Waals surface area contributed by atoms with Gasteiger partial charge in [0.1, 0.15) is 16.5 Å². The number of halogens is 3. The number of pyridine rings is 2. The van der Waals surface area contributed by atoms with E-state index < -0.39 is 11.9 Å². The number of benzene rings is 1. The van der Waals surface area contributed by atoms with Crippen molar-refractivity contribution in [1.82, 2.24) is 19.4 Å². The summed E-state index contributed by atoms with van der Waals surface area (Å²) in [6, 6.07) is 9.37. The molecule has 45 heavy (non-hydrogen) atoms. The number of hydrogen-bond donors (Lipinski definition) is 0. The number of methoxy groups -OCH3 is 1. The van der Waals surface area contributed by atoms with Gasteiger partial charge in [0.15, 0.2) is 0 Å². The molecule has 11 heteroatoms. The predicted octanol–water partition coefficient (Wildman–Crippen LogP) is 7.91. The number of aromatic nitrogens is 3. The van der Waals surface area contributed by atoms with Crippen LogP contribution in [0, 0.1) is 5.92 Å². The molecule has 1 amide bonds. The van der Waals surface area contributed by atoms with Crippen LogP contribution in [0.15, 0.2) is 58.3 Å². The lowest BCUT2D eigenvalue weighted by molar-refractivity contribution is -0.141. The first-order valence-corrected chi connectivity index (χ1v) is 15.7. The van der Waals surface area contributed by atoms with Crippen molar-refractivity contribution in [2.75, 3.05) is 20.2 Å². The van der Waals surface area contributed by atoms with E-state index in [1.807, 2.05) is 43.9 Å². The van der Waals surface area contributed by atoms with E-state index in [9.17, 15) is 22.8 Å². The van der Waals surface area contributed by atoms with Gasteiger partial charge in [-0.25, -0.2) is 4.98 Å². The molecule has 0 radical (unpaired) electrons. The molecule has 0 aliphatic carbocycles. The Hall–Kier alpha value is -4.25. The van der Waals surface area contributed by atoms with Crippen molar-refractivity contribution in [3.8, 4) is 33.3 Å². The third kappa shape index (κ3) is 6.73. The maximum Gasteiger partial charge on any atom is 0.433 e. The highest BCUT2D eigenvalue weighted by Gasteiger charge is 2.32. The van der Waals surface area contributed by atoms with Gasteiger partial charge in [-0.1, -0.05) is 25.5 Å². The number of amides is 1. The molecule has 4 heterocycles. The molecule has 1 aromatic carbocycles. The number of piperidine rings is 1. The molecule has 0 saturated carbocycles. The first-order chi connectivity index (χ1) is 21.4. The minimum absolute atomic E-state index is 0.172. The third-order valence-corrected chi connectivity index (χ3v) is 8.71. The van der Waals surface area contributed by atoms with Crippen LogP contribution in [0.25, 0.3) is 33.6 Å². The standard InChI is InChI=1S/C34H35F3N4O3S/c1-6-22-9-11-24(44-5)15-28(22)41-29(14-20(2)3)25(32(42)40-13-7-8-21(4)18-40)16-26(33(41)43)31-39-27(19-45-31)23-10-12-30(38-17-23)34(35,36)37/h9-12,14-17,19,21H,6-8,13,18H2,1-5H3/t21-/m0/s1. The lowest BCUT2D eigenvalue weighted by Gasteiger charge is -2.32. The Balaban J connectivity index is 1.76. The second kappa shape index (κ2) is 13.0. The first kappa shape index (κ1) is 32.2. The number of thiazole rings is 1. The normalized spacial score (nSPS) is 15.2. The maximum absolute atomic E-state index is 14.5. The van der Waals surface area contributed by atoms with E-state index in [-0.39, 0.29) is 17.0 Å². The largest absolute Gasteiger partial charge is 0.497 e. The summed E-state index contributed by atoms with van der Waals surface area (Å²) in [6.07, 6.45) is 0.972. The number of likely N-dealkylation sites (tertiary alicyclic amines) is 1. The molecule has 236 valence electrons. The number of hydrogen-bond acceptors (Lipinski definition) is 6. The topological polar surface area (TPSA) is 77.3 Å². The van der Waals surface area contributed by atoms with Crippen LogP contribution in [0.4, 0.5) is 13.2 Å². The quantitative estimate of drug-likeness (QED) is 0.206. The Morgan fingerprint density at radius 3 is 2.58 bits per heavy atom. The summed E-state index contributed by atoms with van der Waals surface area (Å²) in [4.78, 5) is 38.9. The molecule has 1 atom stereocenters. The molecular weight excluding hydrogens is 601 g/mol. The van der Waals surface area contributed by atoms with Gasteiger partial charge in [-0.05, 0) is 74.9 Å². The van der Waals surface area contributed by atoms with Crippen LogP contribution >= 0.6 is 11.3 Å². The van der Waals surface area contributed by atoms with E-state index in [1.54, 1.807) is 29.2 Å². The number of allylic oxidation sites excluding steroid dienone is 1. The van der Waals surface area contributed by atoms with Gasteiger partial charge in [0.05, 0.1) is 35.3 Å². The second-order valence-electron chi connectivity index (χ2n) is 11.5. The Labute approximate surface area is 264 Å². The van der Waals surface area contributed by atoms with Crippen LogP contribution < -0.4 is 10.3 Å². The average Bonchev–Trinajstić information content (AvgIpc) is 3.50. The molecular formula is C34H35F3N4O3S. The minimum atomic E-state index is -4.56. The van der Waals surface area contributed by atoms with Crippen LogP contribution in [0.2, 0.25) is 0 Å². The zero-order chi connectivity index (χ0) is 32.5. The van der Waals surface area contributed by atoms with Crippen molar-refractivity contribution in [2.24, 2.45) is 5.92 Å². The zero-order valence-corrected chi connectivity index (χ0v) is 26.7. The van der Waals surface area contributed by atoms with Crippen molar-refractivity contribution in [3.05, 3.63) is 86.4 Å². The molecule has 1 aliphatic heterocycles. The van der Waals surface area contributed by atoms with Crippen molar-refractivity contribution in [2.45, 2.75) is 53.1 Å². The van der Waals surface area contributed by atoms with E-state index in [2.05, 4.69) is 16.9 Å². The molecule has 1 aliphatic rings. The van der Waals surface area contributed by atoms with Crippen LogP contribution in [-0.2, 0) is 12.6 Å². The molecule has 4 aromatic rings. The van der Waals surface area contributed by atoms with Crippen molar-refractivity contribution in [1.29, 1.82) is 0 Å². The van der Waals surface area contributed by atoms with Gasteiger partial charge in [0, 0.05) is 36.3 Å². The molecule has 0 unspecified atom stereocenters. The number of rotatable bonds is 7. The number of carbonyl (C=O) groups excluding carboxylic acids is 1. The highest BCUT2D eigenvalue weighted by atomic mass is 32.1. The number of alkyl halides is 3. The van der Waals surface area contributed by atoms with E-state index in [0.29, 0.717) is 64.4 Å². The molecule has 0 bridgehead atoms. The van der Waals surface area contributed by atoms with Gasteiger partial charge in [0.25, 0.3) is 11.5 Å². The monoisotopic (exact) mass is 636 g/mol. The zero-order valence-electron chi connectivity index (χ0n) is 25.9. The highest BCUT2D eigenvalue weighted by molar-refractivity contribution is 7.13. The molecule has 5 rings (SSSR count). The van der Waals surface area contributed by atoms with Gasteiger partial charge < -0.3 is 9.64 Å². The number of aryl methyl sites for hydroxylation is 1. The molecule has 1 fully saturated rings. The summed E-state index contributed by atoms with van der Waals surface area (Å²) < 4.78 is 46.4. The van der Waals surface area contributed by atoms with Crippen LogP contribution in [0.1, 0.15) is 67.8 Å². The summed E-state index contributed by atoms with van der Waals surface area (Å²) in [5.74, 6) is 0.740. The Kier molecular flexibility index (Phi) is 9.29. The summed E-state index contributed by atoms with van der Waals surface area (Å²) in [5.41, 5.74) is 2.84. The number of ether oxygens (including phenoxy) is 1. The van der Waals surface area contributed by atoms with E-state index in [1.165, 1.54) is 17.4 Å². The van der Waals surface area contributed by atoms with E-state index in [0.717, 1.165) is 36.2 Å². The number of carbonyl (C=O) groups is 1. The highest BCUT2D eigenvalue weighted by Crippen LogP contribution is 2.33. The average molecular weight is 637 g/mol. The Morgan fingerprint density at radius 1 is 1.18 bits per heavy atom. The summed E-state index contributed by atoms with van der Waals surface area (Å²) >= 11 is 1.18. The lowest BCUT2D eigenvalue weighted by atomic mass is 9.98. The fourth-order valence-electron chi connectivity index (χ4n) is 5.57. The lowest BCUT2D eigenvalue weighted by Crippen LogP contribution is -2.40. The van der Waals surface area contributed by atoms with E-state index in [4.69, 9.17) is 4.74 Å². The fourth-order valence-corrected chi connectivity index (χ4v) is 6.41. The summed E-state index contributed by atoms with van der Waals surface area (Å²) in [7, 11) is 1.56. The van der Waals surface area contributed by atoms with Gasteiger partial charge >= 0.3 is 6.18 Å². The molecule has 0 spiro atoms. The Morgan fingerprint density at radius 2 is 1.96 bits per heavy atom. The van der Waals surface area contributed by atoms with Crippen molar-refractivity contribution < 1.29 is 22.7 Å². The van der Waals surface area contributed by atoms with Gasteiger partial charge in [0.2, 0.25) is 0 Å². The van der Waals surface area contributed by atoms with Crippen molar-refractivity contribution >= 4 is 23.3 Å². The fraction of sp³-hybridized carbons (Fsp3) is 0.353. The van der Waals surface area contributed by atoms with Crippen molar-refractivity contribution in [3.63, 3.8) is 0 Å². The van der Waals surface area contributed by atoms with Gasteiger partial charge in [-0.15, -0.1) is 11.3 Å². The molecule has 7 nitrogen and oxygen atoms in total. The van der Waals surface area contributed by atoms with Crippen LogP contribution in [0.3, 0.4) is 0 Å². The molecule has 1 saturated heterocycles. The summed E-state index contributed by atoms with van der Waals surface area (Å²) in [6.45, 7) is 9.18. The van der Waals surface area contributed by atoms with Crippen LogP contribution in [0.5, 0.6) is 5.75 Å². The first-order valence-electron chi connectivity index (χ1n) is 14.8. The molecule has 0 N–H and O–H groups in total. The maximum atomic E-state index is 14.5. The smallest absolute Gasteiger partial charge is 0.433 e. The predicted molar refractivity (Wildman–Crippen MR) is 171 cm³/mol. The van der Waals surface area contributed by atoms with E-state index >= 15 is 0 Å². The van der Waals surface area contributed by atoms with Gasteiger partial charge in [-0.3, -0.25) is 19.1 Å². The second-order valence-corrected chi connectivity index (χ2v) is 12.4. The van der Waals surface area contributed by atoms with Crippen LogP contribution in [-0.4, -0.2) is 45.5 Å². The number of nitrogens with zero attached hydrogens (tertiary/aromatic N) is 4. The summed E-state index contributed by atoms with van der Waals surface area (Å²) in [5, 5.41) is 2.01. The minimum Gasteiger partial charge on any atom is -0.497 e. The Bertz CT molecular complexity index is 1800. The third-order valence-electron chi connectivity index (χ3n) is 7.84.